The second-order valence-corrected chi connectivity index (χ2v) is 9.39. The highest BCUT2D eigenvalue weighted by Crippen LogP contribution is 2.34. The van der Waals surface area contributed by atoms with Crippen LogP contribution in [0.15, 0.2) is 0 Å². The van der Waals surface area contributed by atoms with Crippen molar-refractivity contribution >= 4 is 21.7 Å². The van der Waals surface area contributed by atoms with E-state index in [0.29, 0.717) is 38.9 Å². The average molecular weight is 361 g/mol. The first-order valence-electron chi connectivity index (χ1n) is 8.55. The number of hydrogen-bond acceptors (Lipinski definition) is 5. The van der Waals surface area contributed by atoms with Crippen LogP contribution in [0.25, 0.3) is 0 Å². The first-order chi connectivity index (χ1) is 11.2. The molecule has 1 N–H and O–H groups in total. The Morgan fingerprint density at radius 1 is 1.17 bits per heavy atom. The highest BCUT2D eigenvalue weighted by Gasteiger charge is 2.48. The van der Waals surface area contributed by atoms with Crippen LogP contribution < -0.4 is 0 Å². The van der Waals surface area contributed by atoms with Crippen molar-refractivity contribution < 1.29 is 27.9 Å². The van der Waals surface area contributed by atoms with Crippen molar-refractivity contribution in [3.63, 3.8) is 0 Å². The van der Waals surface area contributed by atoms with Crippen LogP contribution >= 0.6 is 0 Å². The molecule has 138 valence electrons. The molecule has 0 aromatic carbocycles. The SMILES string of the molecule is CC(C(=O)N(C)C1(C(=O)O)CCCCC1)S(=O)(=O)C1CCOCC1. The van der Waals surface area contributed by atoms with Gasteiger partial charge in [-0.05, 0) is 32.6 Å². The van der Waals surface area contributed by atoms with E-state index in [4.69, 9.17) is 4.74 Å². The number of likely N-dealkylation sites (N-methyl/N-ethyl adjacent to an activating group) is 1. The molecule has 8 heteroatoms. The van der Waals surface area contributed by atoms with Crippen LogP contribution in [0.1, 0.15) is 51.9 Å². The Labute approximate surface area is 143 Å². The summed E-state index contributed by atoms with van der Waals surface area (Å²) < 4.78 is 30.7. The molecule has 2 aliphatic rings. The molecule has 0 radical (unpaired) electrons. The van der Waals surface area contributed by atoms with Gasteiger partial charge >= 0.3 is 5.97 Å². The number of hydrogen-bond donors (Lipinski definition) is 1. The quantitative estimate of drug-likeness (QED) is 0.790. The maximum absolute atomic E-state index is 12.8. The zero-order valence-electron chi connectivity index (χ0n) is 14.4. The summed E-state index contributed by atoms with van der Waals surface area (Å²) in [6.45, 7) is 2.13. The van der Waals surface area contributed by atoms with Crippen molar-refractivity contribution in [1.82, 2.24) is 4.90 Å². The number of carboxylic acids is 1. The number of carbonyl (C=O) groups excluding carboxylic acids is 1. The van der Waals surface area contributed by atoms with Gasteiger partial charge in [0.05, 0.1) is 5.25 Å². The van der Waals surface area contributed by atoms with Gasteiger partial charge in [-0.3, -0.25) is 4.79 Å². The summed E-state index contributed by atoms with van der Waals surface area (Å²) in [5.41, 5.74) is -1.28. The number of ether oxygens (including phenoxy) is 1. The van der Waals surface area contributed by atoms with Gasteiger partial charge in [-0.2, -0.15) is 0 Å². The number of carbonyl (C=O) groups is 2. The molecular formula is C16H27NO6S. The topological polar surface area (TPSA) is 101 Å². The third kappa shape index (κ3) is 3.44. The van der Waals surface area contributed by atoms with Crippen molar-refractivity contribution in [2.75, 3.05) is 20.3 Å². The molecule has 2 fully saturated rings. The minimum Gasteiger partial charge on any atom is -0.479 e. The fourth-order valence-corrected chi connectivity index (χ4v) is 5.61. The summed E-state index contributed by atoms with van der Waals surface area (Å²) in [7, 11) is -2.23. The summed E-state index contributed by atoms with van der Waals surface area (Å²) in [5.74, 6) is -1.67. The number of rotatable bonds is 5. The lowest BCUT2D eigenvalue weighted by atomic mass is 9.80. The molecule has 0 aromatic rings. The molecule has 2 rings (SSSR count). The number of sulfone groups is 1. The Morgan fingerprint density at radius 3 is 2.21 bits per heavy atom. The van der Waals surface area contributed by atoms with Gasteiger partial charge in [0.15, 0.2) is 9.84 Å². The second kappa shape index (κ2) is 7.39. The summed E-state index contributed by atoms with van der Waals surface area (Å²) in [6, 6.07) is 0. The summed E-state index contributed by atoms with van der Waals surface area (Å²) in [5, 5.41) is 7.86. The van der Waals surface area contributed by atoms with E-state index in [1.165, 1.54) is 18.9 Å². The lowest BCUT2D eigenvalue weighted by Gasteiger charge is -2.42. The molecule has 1 saturated carbocycles. The highest BCUT2D eigenvalue weighted by molar-refractivity contribution is 7.93. The number of carboxylic acid groups (broad SMARTS) is 1. The van der Waals surface area contributed by atoms with Crippen molar-refractivity contribution in [2.24, 2.45) is 0 Å². The first kappa shape index (κ1) is 19.2. The van der Waals surface area contributed by atoms with Gasteiger partial charge in [0, 0.05) is 20.3 Å². The van der Waals surface area contributed by atoms with Crippen molar-refractivity contribution in [3.05, 3.63) is 0 Å². The van der Waals surface area contributed by atoms with Crippen molar-refractivity contribution in [3.8, 4) is 0 Å². The van der Waals surface area contributed by atoms with Crippen molar-refractivity contribution in [2.45, 2.75) is 67.9 Å². The predicted molar refractivity (Wildman–Crippen MR) is 88.4 cm³/mol. The molecule has 1 aliphatic heterocycles. The molecule has 0 spiro atoms. The van der Waals surface area contributed by atoms with Crippen LogP contribution in [0.2, 0.25) is 0 Å². The van der Waals surface area contributed by atoms with Gasteiger partial charge in [0.25, 0.3) is 0 Å². The van der Waals surface area contributed by atoms with Crippen LogP contribution in [0, 0.1) is 0 Å². The van der Waals surface area contributed by atoms with Gasteiger partial charge in [-0.1, -0.05) is 19.3 Å². The lowest BCUT2D eigenvalue weighted by Crippen LogP contribution is -2.59. The van der Waals surface area contributed by atoms with E-state index in [1.807, 2.05) is 0 Å². The first-order valence-corrected chi connectivity index (χ1v) is 10.2. The van der Waals surface area contributed by atoms with Crippen LogP contribution in [-0.4, -0.2) is 66.6 Å². The van der Waals surface area contributed by atoms with Crippen molar-refractivity contribution in [1.29, 1.82) is 0 Å². The normalized spacial score (nSPS) is 23.4. The Kier molecular flexibility index (Phi) is 5.91. The molecule has 24 heavy (non-hydrogen) atoms. The maximum atomic E-state index is 12.8. The van der Waals surface area contributed by atoms with E-state index < -0.39 is 37.8 Å². The fraction of sp³-hybridized carbons (Fsp3) is 0.875. The van der Waals surface area contributed by atoms with E-state index in [2.05, 4.69) is 0 Å². The molecule has 1 heterocycles. The molecule has 1 aliphatic carbocycles. The molecule has 1 saturated heterocycles. The lowest BCUT2D eigenvalue weighted by molar-refractivity contribution is -0.160. The third-order valence-electron chi connectivity index (χ3n) is 5.52. The predicted octanol–water partition coefficient (Wildman–Crippen LogP) is 1.21. The van der Waals surface area contributed by atoms with Crippen LogP contribution in [0.4, 0.5) is 0 Å². The van der Waals surface area contributed by atoms with Crippen LogP contribution in [-0.2, 0) is 24.2 Å². The highest BCUT2D eigenvalue weighted by atomic mass is 32.2. The summed E-state index contributed by atoms with van der Waals surface area (Å²) in [6.07, 6.45) is 3.90. The monoisotopic (exact) mass is 361 g/mol. The van der Waals surface area contributed by atoms with Gasteiger partial charge in [0.2, 0.25) is 5.91 Å². The minimum absolute atomic E-state index is 0.370. The molecule has 1 unspecified atom stereocenters. The van der Waals surface area contributed by atoms with E-state index in [-0.39, 0.29) is 0 Å². The van der Waals surface area contributed by atoms with Gasteiger partial charge in [0.1, 0.15) is 10.8 Å². The smallest absolute Gasteiger partial charge is 0.329 e. The molecule has 0 aromatic heterocycles. The van der Waals surface area contributed by atoms with Gasteiger partial charge in [-0.15, -0.1) is 0 Å². The molecule has 0 bridgehead atoms. The number of amides is 1. The maximum Gasteiger partial charge on any atom is 0.329 e. The van der Waals surface area contributed by atoms with Crippen LogP contribution in [0.5, 0.6) is 0 Å². The molecule has 7 nitrogen and oxygen atoms in total. The number of nitrogens with zero attached hydrogens (tertiary/aromatic N) is 1. The number of aliphatic carboxylic acids is 1. The van der Waals surface area contributed by atoms with E-state index in [9.17, 15) is 23.1 Å². The standard InChI is InChI=1S/C16H27NO6S/c1-12(24(21,22)13-6-10-23-11-7-13)14(18)17(2)16(15(19)20)8-4-3-5-9-16/h12-13H,3-11H2,1-2H3,(H,19,20). The Bertz CT molecular complexity index is 575. The summed E-state index contributed by atoms with van der Waals surface area (Å²) >= 11 is 0. The van der Waals surface area contributed by atoms with Gasteiger partial charge in [-0.25, -0.2) is 13.2 Å². The Morgan fingerprint density at radius 2 is 1.71 bits per heavy atom. The zero-order valence-corrected chi connectivity index (χ0v) is 15.2. The second-order valence-electron chi connectivity index (χ2n) is 6.84. The third-order valence-corrected chi connectivity index (χ3v) is 8.11. The minimum atomic E-state index is -3.66. The Hall–Kier alpha value is -1.15. The largest absolute Gasteiger partial charge is 0.479 e. The fourth-order valence-electron chi connectivity index (χ4n) is 3.75. The molecule has 1 amide bonds. The summed E-state index contributed by atoms with van der Waals surface area (Å²) in [4.78, 5) is 25.8. The van der Waals surface area contributed by atoms with Crippen LogP contribution in [0.3, 0.4) is 0 Å². The molecule has 1 atom stereocenters. The average Bonchev–Trinajstić information content (AvgIpc) is 2.60. The van der Waals surface area contributed by atoms with E-state index >= 15 is 0 Å². The van der Waals surface area contributed by atoms with E-state index in [0.717, 1.165) is 19.3 Å². The molecular weight excluding hydrogens is 334 g/mol. The van der Waals surface area contributed by atoms with E-state index in [1.54, 1.807) is 0 Å². The zero-order chi connectivity index (χ0) is 18.0. The van der Waals surface area contributed by atoms with Gasteiger partial charge < -0.3 is 14.7 Å². The Balaban J connectivity index is 2.20.